The number of aliphatic carboxylic acids is 1. The number of hydrogen-bond donors (Lipinski definition) is 2. The van der Waals surface area contributed by atoms with Crippen molar-refractivity contribution in [3.8, 4) is 0 Å². The van der Waals surface area contributed by atoms with E-state index in [0.29, 0.717) is 5.41 Å². The van der Waals surface area contributed by atoms with Crippen LogP contribution in [0.25, 0.3) is 0 Å². The Hall–Kier alpha value is -0.610. The van der Waals surface area contributed by atoms with Crippen molar-refractivity contribution in [2.45, 2.75) is 39.2 Å². The molecule has 0 aromatic carbocycles. The van der Waals surface area contributed by atoms with E-state index in [4.69, 9.17) is 10.8 Å². The van der Waals surface area contributed by atoms with Crippen LogP contribution in [0.2, 0.25) is 0 Å². The lowest BCUT2D eigenvalue weighted by Gasteiger charge is -2.40. The molecule has 0 bridgehead atoms. The number of nitrogens with zero attached hydrogens (tertiary/aromatic N) is 1. The number of likely N-dealkylation sites (tertiary alicyclic amines) is 1. The van der Waals surface area contributed by atoms with Crippen LogP contribution in [0.15, 0.2) is 0 Å². The van der Waals surface area contributed by atoms with E-state index in [-0.39, 0.29) is 6.54 Å². The van der Waals surface area contributed by atoms with Crippen LogP contribution in [0.4, 0.5) is 0 Å². The first-order valence-corrected chi connectivity index (χ1v) is 5.69. The number of carboxylic acids is 1. The summed E-state index contributed by atoms with van der Waals surface area (Å²) in [7, 11) is 0. The number of hydrogen-bond acceptors (Lipinski definition) is 3. The highest BCUT2D eigenvalue weighted by atomic mass is 16.4. The van der Waals surface area contributed by atoms with Crippen molar-refractivity contribution in [3.63, 3.8) is 0 Å². The summed E-state index contributed by atoms with van der Waals surface area (Å²) < 4.78 is 0. The van der Waals surface area contributed by atoms with Crippen LogP contribution < -0.4 is 5.73 Å². The Labute approximate surface area is 91.4 Å². The second-order valence-corrected chi connectivity index (χ2v) is 4.79. The van der Waals surface area contributed by atoms with Gasteiger partial charge in [-0.2, -0.15) is 0 Å². The molecule has 1 fully saturated rings. The van der Waals surface area contributed by atoms with Crippen molar-refractivity contribution < 1.29 is 9.90 Å². The van der Waals surface area contributed by atoms with E-state index in [1.165, 1.54) is 6.42 Å². The molecule has 3 N–H and O–H groups in total. The maximum Gasteiger partial charge on any atom is 0.322 e. The van der Waals surface area contributed by atoms with Gasteiger partial charge in [-0.1, -0.05) is 20.3 Å². The molecule has 1 rings (SSSR count). The van der Waals surface area contributed by atoms with Crippen LogP contribution in [-0.2, 0) is 4.79 Å². The fraction of sp³-hybridized carbons (Fsp3) is 0.909. The van der Waals surface area contributed by atoms with Crippen molar-refractivity contribution in [2.24, 2.45) is 11.1 Å². The number of carbonyl (C=O) groups is 1. The lowest BCUT2D eigenvalue weighted by molar-refractivity contribution is -0.143. The average molecular weight is 214 g/mol. The molecular weight excluding hydrogens is 192 g/mol. The highest BCUT2D eigenvalue weighted by Gasteiger charge is 2.33. The van der Waals surface area contributed by atoms with Crippen molar-refractivity contribution in [1.82, 2.24) is 4.90 Å². The Morgan fingerprint density at radius 2 is 2.07 bits per heavy atom. The molecule has 0 aromatic rings. The lowest BCUT2D eigenvalue weighted by atomic mass is 9.78. The predicted octanol–water partition coefficient (Wildman–Crippen LogP) is 0.910. The monoisotopic (exact) mass is 214 g/mol. The van der Waals surface area contributed by atoms with E-state index in [9.17, 15) is 4.79 Å². The molecule has 1 atom stereocenters. The summed E-state index contributed by atoms with van der Waals surface area (Å²) >= 11 is 0. The summed E-state index contributed by atoms with van der Waals surface area (Å²) in [5, 5.41) is 8.99. The molecule has 1 aliphatic heterocycles. The van der Waals surface area contributed by atoms with E-state index in [1.807, 2.05) is 4.90 Å². The molecule has 4 nitrogen and oxygen atoms in total. The maximum atomic E-state index is 10.9. The van der Waals surface area contributed by atoms with Gasteiger partial charge in [-0.15, -0.1) is 0 Å². The number of nitrogens with two attached hydrogens (primary N) is 1. The summed E-state index contributed by atoms with van der Waals surface area (Å²) in [5.41, 5.74) is 5.88. The summed E-state index contributed by atoms with van der Waals surface area (Å²) in [4.78, 5) is 12.9. The van der Waals surface area contributed by atoms with E-state index in [0.717, 1.165) is 25.9 Å². The van der Waals surface area contributed by atoms with Gasteiger partial charge >= 0.3 is 5.97 Å². The summed E-state index contributed by atoms with van der Waals surface area (Å²) in [6.45, 7) is 6.41. The Kier molecular flexibility index (Phi) is 4.11. The molecule has 0 aromatic heterocycles. The molecule has 15 heavy (non-hydrogen) atoms. The summed E-state index contributed by atoms with van der Waals surface area (Å²) in [6.07, 6.45) is 3.32. The molecule has 0 radical (unpaired) electrons. The standard InChI is InChI=1S/C11H22N2O2/c1-3-11(2)4-6-13(7-5-11)9(8-12)10(14)15/h9H,3-8,12H2,1-2H3,(H,14,15). The van der Waals surface area contributed by atoms with Gasteiger partial charge in [0.15, 0.2) is 0 Å². The molecule has 1 saturated heterocycles. The van der Waals surface area contributed by atoms with E-state index in [2.05, 4.69) is 13.8 Å². The number of rotatable bonds is 4. The minimum absolute atomic E-state index is 0.207. The lowest BCUT2D eigenvalue weighted by Crippen LogP contribution is -2.50. The maximum absolute atomic E-state index is 10.9. The van der Waals surface area contributed by atoms with E-state index >= 15 is 0 Å². The van der Waals surface area contributed by atoms with Crippen LogP contribution in [0.5, 0.6) is 0 Å². The van der Waals surface area contributed by atoms with E-state index in [1.54, 1.807) is 0 Å². The molecule has 88 valence electrons. The molecule has 0 aliphatic carbocycles. The highest BCUT2D eigenvalue weighted by molar-refractivity contribution is 5.73. The third-order valence-electron chi connectivity index (χ3n) is 3.81. The molecular formula is C11H22N2O2. The van der Waals surface area contributed by atoms with Crippen molar-refractivity contribution in [3.05, 3.63) is 0 Å². The van der Waals surface area contributed by atoms with Crippen molar-refractivity contribution in [2.75, 3.05) is 19.6 Å². The Morgan fingerprint density at radius 3 is 2.40 bits per heavy atom. The van der Waals surface area contributed by atoms with Gasteiger partial charge in [0.2, 0.25) is 0 Å². The molecule has 1 heterocycles. The van der Waals surface area contributed by atoms with Crippen LogP contribution in [-0.4, -0.2) is 41.7 Å². The zero-order chi connectivity index (χ0) is 11.5. The van der Waals surface area contributed by atoms with Gasteiger partial charge < -0.3 is 10.8 Å². The molecule has 0 amide bonds. The van der Waals surface area contributed by atoms with Crippen molar-refractivity contribution in [1.29, 1.82) is 0 Å². The van der Waals surface area contributed by atoms with Gasteiger partial charge in [-0.05, 0) is 31.3 Å². The quantitative estimate of drug-likeness (QED) is 0.730. The average Bonchev–Trinajstić information content (AvgIpc) is 2.22. The predicted molar refractivity (Wildman–Crippen MR) is 59.7 cm³/mol. The summed E-state index contributed by atoms with van der Waals surface area (Å²) in [5.74, 6) is -0.794. The van der Waals surface area contributed by atoms with Gasteiger partial charge in [0.05, 0.1) is 0 Å². The zero-order valence-electron chi connectivity index (χ0n) is 9.70. The highest BCUT2D eigenvalue weighted by Crippen LogP contribution is 2.34. The van der Waals surface area contributed by atoms with Gasteiger partial charge in [-0.3, -0.25) is 9.69 Å². The van der Waals surface area contributed by atoms with Gasteiger partial charge in [0, 0.05) is 6.54 Å². The van der Waals surface area contributed by atoms with Gasteiger partial charge in [-0.25, -0.2) is 0 Å². The van der Waals surface area contributed by atoms with Crippen molar-refractivity contribution >= 4 is 5.97 Å². The Bertz CT molecular complexity index is 223. The topological polar surface area (TPSA) is 66.6 Å². The first-order valence-electron chi connectivity index (χ1n) is 5.69. The second-order valence-electron chi connectivity index (χ2n) is 4.79. The fourth-order valence-electron chi connectivity index (χ4n) is 2.14. The van der Waals surface area contributed by atoms with Crippen LogP contribution >= 0.6 is 0 Å². The largest absolute Gasteiger partial charge is 0.480 e. The number of carboxylic acid groups (broad SMARTS) is 1. The third-order valence-corrected chi connectivity index (χ3v) is 3.81. The molecule has 0 saturated carbocycles. The minimum Gasteiger partial charge on any atom is -0.480 e. The summed E-state index contributed by atoms with van der Waals surface area (Å²) in [6, 6.07) is -0.494. The molecule has 0 spiro atoms. The van der Waals surface area contributed by atoms with Gasteiger partial charge in [0.1, 0.15) is 6.04 Å². The van der Waals surface area contributed by atoms with E-state index < -0.39 is 12.0 Å². The Morgan fingerprint density at radius 1 is 1.53 bits per heavy atom. The van der Waals surface area contributed by atoms with Gasteiger partial charge in [0.25, 0.3) is 0 Å². The zero-order valence-corrected chi connectivity index (χ0v) is 9.70. The van der Waals surface area contributed by atoms with Crippen LogP contribution in [0.1, 0.15) is 33.1 Å². The SMILES string of the molecule is CCC1(C)CCN(C(CN)C(=O)O)CC1. The van der Waals surface area contributed by atoms with Crippen LogP contribution in [0.3, 0.4) is 0 Å². The molecule has 1 unspecified atom stereocenters. The second kappa shape index (κ2) is 4.94. The smallest absolute Gasteiger partial charge is 0.322 e. The number of piperidine rings is 1. The van der Waals surface area contributed by atoms with Crippen LogP contribution in [0, 0.1) is 5.41 Å². The fourth-order valence-corrected chi connectivity index (χ4v) is 2.14. The third kappa shape index (κ3) is 2.92. The molecule has 1 aliphatic rings. The Balaban J connectivity index is 2.52. The minimum atomic E-state index is -0.794. The first kappa shape index (κ1) is 12.5. The normalized spacial score (nSPS) is 23.7. The first-order chi connectivity index (χ1) is 7.02. The molecule has 4 heteroatoms.